The SMILES string of the molecule is COc1ccccc1N(CC(=O)N/N=C\c1ccccc1F)S(=O)(=O)c1ccc(C)cc1. The van der Waals surface area contributed by atoms with Gasteiger partial charge in [-0.2, -0.15) is 5.10 Å². The Bertz CT molecular complexity index is 1230. The van der Waals surface area contributed by atoms with Gasteiger partial charge in [-0.3, -0.25) is 9.10 Å². The molecule has 9 heteroatoms. The second-order valence-electron chi connectivity index (χ2n) is 6.81. The van der Waals surface area contributed by atoms with Crippen LogP contribution in [0.3, 0.4) is 0 Å². The number of aryl methyl sites for hydroxylation is 1. The molecule has 1 amide bonds. The number of anilines is 1. The van der Waals surface area contributed by atoms with E-state index in [2.05, 4.69) is 10.5 Å². The van der Waals surface area contributed by atoms with Gasteiger partial charge in [0.1, 0.15) is 18.1 Å². The second-order valence-corrected chi connectivity index (χ2v) is 8.67. The normalized spacial score (nSPS) is 11.3. The fraction of sp³-hybridized carbons (Fsp3) is 0.130. The molecular formula is C23H22FN3O4S. The molecule has 166 valence electrons. The lowest BCUT2D eigenvalue weighted by Crippen LogP contribution is -2.39. The number of halogens is 1. The van der Waals surface area contributed by atoms with Crippen molar-refractivity contribution in [1.82, 2.24) is 5.43 Å². The lowest BCUT2D eigenvalue weighted by Gasteiger charge is -2.25. The van der Waals surface area contributed by atoms with Gasteiger partial charge in [-0.05, 0) is 37.3 Å². The highest BCUT2D eigenvalue weighted by atomic mass is 32.2. The smallest absolute Gasteiger partial charge is 0.264 e. The van der Waals surface area contributed by atoms with E-state index in [1.54, 1.807) is 42.5 Å². The summed E-state index contributed by atoms with van der Waals surface area (Å²) in [7, 11) is -2.69. The van der Waals surface area contributed by atoms with E-state index in [1.165, 1.54) is 37.4 Å². The zero-order valence-electron chi connectivity index (χ0n) is 17.5. The average Bonchev–Trinajstić information content (AvgIpc) is 2.79. The lowest BCUT2D eigenvalue weighted by atomic mass is 10.2. The average molecular weight is 456 g/mol. The molecule has 0 spiro atoms. The van der Waals surface area contributed by atoms with E-state index in [4.69, 9.17) is 4.74 Å². The first-order chi connectivity index (χ1) is 15.3. The number of ether oxygens (including phenoxy) is 1. The van der Waals surface area contributed by atoms with Crippen molar-refractivity contribution in [3.05, 3.63) is 89.7 Å². The summed E-state index contributed by atoms with van der Waals surface area (Å²) < 4.78 is 46.7. The first-order valence-corrected chi connectivity index (χ1v) is 11.1. The van der Waals surface area contributed by atoms with Crippen molar-refractivity contribution in [2.24, 2.45) is 5.10 Å². The van der Waals surface area contributed by atoms with Gasteiger partial charge in [-0.1, -0.05) is 48.0 Å². The predicted molar refractivity (Wildman–Crippen MR) is 121 cm³/mol. The number of hydrogen-bond acceptors (Lipinski definition) is 5. The van der Waals surface area contributed by atoms with Gasteiger partial charge in [0.15, 0.2) is 0 Å². The molecule has 0 aromatic heterocycles. The largest absolute Gasteiger partial charge is 0.495 e. The number of hydrazone groups is 1. The van der Waals surface area contributed by atoms with Crippen molar-refractivity contribution in [1.29, 1.82) is 0 Å². The molecule has 0 bridgehead atoms. The van der Waals surface area contributed by atoms with Gasteiger partial charge in [0.2, 0.25) is 0 Å². The summed E-state index contributed by atoms with van der Waals surface area (Å²) in [6.07, 6.45) is 1.15. The van der Waals surface area contributed by atoms with Crippen LogP contribution >= 0.6 is 0 Å². The van der Waals surface area contributed by atoms with Gasteiger partial charge in [-0.25, -0.2) is 18.2 Å². The molecule has 0 saturated carbocycles. The number of benzene rings is 3. The Morgan fingerprint density at radius 2 is 1.72 bits per heavy atom. The van der Waals surface area contributed by atoms with Gasteiger partial charge in [0, 0.05) is 5.56 Å². The molecule has 3 aromatic carbocycles. The highest BCUT2D eigenvalue weighted by Crippen LogP contribution is 2.32. The van der Waals surface area contributed by atoms with Crippen molar-refractivity contribution in [2.45, 2.75) is 11.8 Å². The number of rotatable bonds is 8. The summed E-state index contributed by atoms with van der Waals surface area (Å²) in [5.74, 6) is -0.923. The highest BCUT2D eigenvalue weighted by molar-refractivity contribution is 7.92. The minimum Gasteiger partial charge on any atom is -0.495 e. The van der Waals surface area contributed by atoms with Gasteiger partial charge in [0.25, 0.3) is 15.9 Å². The molecule has 0 atom stereocenters. The third-order valence-corrected chi connectivity index (χ3v) is 6.32. The number of amides is 1. The van der Waals surface area contributed by atoms with Crippen LogP contribution in [0.2, 0.25) is 0 Å². The fourth-order valence-corrected chi connectivity index (χ4v) is 4.32. The van der Waals surface area contributed by atoms with Crippen LogP contribution in [0.5, 0.6) is 5.75 Å². The number of hydrogen-bond donors (Lipinski definition) is 1. The van der Waals surface area contributed by atoms with Crippen molar-refractivity contribution in [3.8, 4) is 5.75 Å². The van der Waals surface area contributed by atoms with Crippen LogP contribution in [0.4, 0.5) is 10.1 Å². The fourth-order valence-electron chi connectivity index (χ4n) is 2.89. The predicted octanol–water partition coefficient (Wildman–Crippen LogP) is 3.49. The van der Waals surface area contributed by atoms with Crippen LogP contribution in [-0.4, -0.2) is 34.2 Å². The molecule has 0 aliphatic rings. The van der Waals surface area contributed by atoms with E-state index in [1.807, 2.05) is 6.92 Å². The molecular weight excluding hydrogens is 433 g/mol. The summed E-state index contributed by atoms with van der Waals surface area (Å²) in [5, 5.41) is 3.74. The summed E-state index contributed by atoms with van der Waals surface area (Å²) in [5.41, 5.74) is 3.52. The molecule has 0 aliphatic carbocycles. The van der Waals surface area contributed by atoms with E-state index < -0.39 is 28.3 Å². The maximum absolute atomic E-state index is 13.7. The maximum Gasteiger partial charge on any atom is 0.264 e. The van der Waals surface area contributed by atoms with E-state index in [-0.39, 0.29) is 21.9 Å². The highest BCUT2D eigenvalue weighted by Gasteiger charge is 2.29. The number of nitrogens with one attached hydrogen (secondary N) is 1. The molecule has 3 rings (SSSR count). The van der Waals surface area contributed by atoms with E-state index >= 15 is 0 Å². The van der Waals surface area contributed by atoms with E-state index in [9.17, 15) is 17.6 Å². The lowest BCUT2D eigenvalue weighted by molar-refractivity contribution is -0.119. The van der Waals surface area contributed by atoms with E-state index in [0.29, 0.717) is 0 Å². The topological polar surface area (TPSA) is 88.1 Å². The van der Waals surface area contributed by atoms with Gasteiger partial charge in [-0.15, -0.1) is 0 Å². The van der Waals surface area contributed by atoms with Crippen LogP contribution in [-0.2, 0) is 14.8 Å². The van der Waals surface area contributed by atoms with Crippen molar-refractivity contribution in [3.63, 3.8) is 0 Å². The molecule has 0 heterocycles. The Labute approximate surface area is 186 Å². The minimum absolute atomic E-state index is 0.0247. The Kier molecular flexibility index (Phi) is 7.21. The molecule has 0 aliphatic heterocycles. The Hall–Kier alpha value is -3.72. The van der Waals surface area contributed by atoms with Crippen LogP contribution < -0.4 is 14.5 Å². The van der Waals surface area contributed by atoms with Gasteiger partial charge >= 0.3 is 0 Å². The number of methoxy groups -OCH3 is 1. The number of carbonyl (C=O) groups is 1. The molecule has 1 N–H and O–H groups in total. The zero-order valence-corrected chi connectivity index (χ0v) is 18.3. The monoisotopic (exact) mass is 455 g/mol. The quantitative estimate of drug-likeness (QED) is 0.416. The Morgan fingerprint density at radius 3 is 2.41 bits per heavy atom. The molecule has 7 nitrogen and oxygen atoms in total. The van der Waals surface area contributed by atoms with Crippen molar-refractivity contribution >= 4 is 27.8 Å². The van der Waals surface area contributed by atoms with E-state index in [0.717, 1.165) is 16.1 Å². The second kappa shape index (κ2) is 10.1. The number of carbonyl (C=O) groups excluding carboxylic acids is 1. The molecule has 0 unspecified atom stereocenters. The summed E-state index contributed by atoms with van der Waals surface area (Å²) in [4.78, 5) is 12.6. The van der Waals surface area contributed by atoms with Crippen LogP contribution in [0, 0.1) is 12.7 Å². The molecule has 0 radical (unpaired) electrons. The molecule has 3 aromatic rings. The van der Waals surface area contributed by atoms with Crippen LogP contribution in [0.15, 0.2) is 82.8 Å². The molecule has 0 saturated heterocycles. The third-order valence-electron chi connectivity index (χ3n) is 4.55. The summed E-state index contributed by atoms with van der Waals surface area (Å²) >= 11 is 0. The molecule has 0 fully saturated rings. The maximum atomic E-state index is 13.7. The van der Waals surface area contributed by atoms with Gasteiger partial charge in [0.05, 0.1) is 23.9 Å². The standard InChI is InChI=1S/C23H22FN3O4S/c1-17-11-13-19(14-12-17)32(29,30)27(21-9-5-6-10-22(21)31-2)16-23(28)26-25-15-18-7-3-4-8-20(18)24/h3-15H,16H2,1-2H3,(H,26,28)/b25-15-. The van der Waals surface area contributed by atoms with Gasteiger partial charge < -0.3 is 4.74 Å². The summed E-state index contributed by atoms with van der Waals surface area (Å²) in [6, 6.07) is 18.7. The number of nitrogens with zero attached hydrogens (tertiary/aromatic N) is 2. The zero-order chi connectivity index (χ0) is 23.1. The van der Waals surface area contributed by atoms with Crippen molar-refractivity contribution in [2.75, 3.05) is 18.0 Å². The minimum atomic E-state index is -4.10. The first-order valence-electron chi connectivity index (χ1n) is 9.62. The van der Waals surface area contributed by atoms with Crippen LogP contribution in [0.25, 0.3) is 0 Å². The summed E-state index contributed by atoms with van der Waals surface area (Å²) in [6.45, 7) is 1.28. The van der Waals surface area contributed by atoms with Crippen molar-refractivity contribution < 1.29 is 22.3 Å². The first kappa shape index (κ1) is 23.0. The van der Waals surface area contributed by atoms with Crippen LogP contribution in [0.1, 0.15) is 11.1 Å². The number of sulfonamides is 1. The Morgan fingerprint density at radius 1 is 1.06 bits per heavy atom. The third kappa shape index (κ3) is 5.30. The number of para-hydroxylation sites is 2. The Balaban J connectivity index is 1.90. The molecule has 32 heavy (non-hydrogen) atoms.